The van der Waals surface area contributed by atoms with Crippen LogP contribution in [0.2, 0.25) is 5.02 Å². The Morgan fingerprint density at radius 1 is 1.15 bits per heavy atom. The van der Waals surface area contributed by atoms with E-state index in [-0.39, 0.29) is 16.5 Å². The number of nitrogens with zero attached hydrogens (tertiary/aromatic N) is 4. The molecule has 0 unspecified atom stereocenters. The number of carbonyl (C=O) groups excluding carboxylic acids is 1. The fourth-order valence-electron chi connectivity index (χ4n) is 3.05. The van der Waals surface area contributed by atoms with E-state index in [0.717, 1.165) is 11.1 Å². The zero-order valence-corrected chi connectivity index (χ0v) is 19.3. The number of ether oxygens (including phenoxy) is 1. The van der Waals surface area contributed by atoms with Crippen molar-refractivity contribution in [2.24, 2.45) is 0 Å². The van der Waals surface area contributed by atoms with Crippen LogP contribution in [0.15, 0.2) is 67.1 Å². The second-order valence-corrected chi connectivity index (χ2v) is 9.06. The van der Waals surface area contributed by atoms with Crippen molar-refractivity contribution in [3.8, 4) is 16.5 Å². The molecule has 0 saturated heterocycles. The van der Waals surface area contributed by atoms with Crippen LogP contribution in [0.4, 0.5) is 5.13 Å². The second-order valence-electron chi connectivity index (χ2n) is 7.68. The van der Waals surface area contributed by atoms with Crippen LogP contribution in [-0.4, -0.2) is 36.8 Å². The van der Waals surface area contributed by atoms with E-state index in [1.807, 2.05) is 42.5 Å². The van der Waals surface area contributed by atoms with Gasteiger partial charge in [-0.25, -0.2) is 4.98 Å². The number of hydrogen-bond donors (Lipinski definition) is 2. The molecule has 1 amide bonds. The molecule has 0 spiro atoms. The Morgan fingerprint density at radius 3 is 2.55 bits per heavy atom. The lowest BCUT2D eigenvalue weighted by molar-refractivity contribution is -0.0373. The summed E-state index contributed by atoms with van der Waals surface area (Å²) in [5.74, 6) is -0.324. The minimum Gasteiger partial charge on any atom is -0.465 e. The summed E-state index contributed by atoms with van der Waals surface area (Å²) in [6.45, 7) is 3.28. The topological polar surface area (TPSA) is 110 Å². The molecular weight excluding hydrogens is 462 g/mol. The molecule has 0 saturated carbocycles. The van der Waals surface area contributed by atoms with E-state index in [0.29, 0.717) is 10.1 Å². The number of nitrogens with one attached hydrogen (secondary N) is 1. The monoisotopic (exact) mass is 481 g/mol. The smallest absolute Gasteiger partial charge is 0.259 e. The molecular formula is C23H20ClN5O3S. The fraction of sp³-hybridized carbons (Fsp3) is 0.174. The van der Waals surface area contributed by atoms with Crippen molar-refractivity contribution in [1.82, 2.24) is 20.2 Å². The lowest BCUT2D eigenvalue weighted by atomic mass is 9.95. The maximum absolute atomic E-state index is 12.7. The number of anilines is 1. The van der Waals surface area contributed by atoms with Crippen molar-refractivity contribution in [3.05, 3.63) is 83.3 Å². The van der Waals surface area contributed by atoms with Gasteiger partial charge in [-0.15, -0.1) is 10.2 Å². The first-order valence-corrected chi connectivity index (χ1v) is 11.2. The Kier molecular flexibility index (Phi) is 6.64. The predicted octanol–water partition coefficient (Wildman–Crippen LogP) is 4.79. The Hall–Kier alpha value is -3.40. The van der Waals surface area contributed by atoms with Crippen molar-refractivity contribution in [1.29, 1.82) is 0 Å². The summed E-state index contributed by atoms with van der Waals surface area (Å²) < 4.78 is 5.95. The third-order valence-electron chi connectivity index (χ3n) is 4.62. The molecule has 0 bridgehead atoms. The van der Waals surface area contributed by atoms with Crippen LogP contribution in [-0.2, 0) is 0 Å². The highest BCUT2D eigenvalue weighted by Gasteiger charge is 2.31. The number of hydrogen-bond acceptors (Lipinski definition) is 8. The van der Waals surface area contributed by atoms with Gasteiger partial charge in [0, 0.05) is 24.2 Å². The number of aliphatic hydroxyl groups is 1. The number of rotatable bonds is 7. The highest BCUT2D eigenvalue weighted by molar-refractivity contribution is 7.18. The van der Waals surface area contributed by atoms with Crippen LogP contribution in [0, 0.1) is 0 Å². The summed E-state index contributed by atoms with van der Waals surface area (Å²) in [6.07, 6.45) is 3.96. The zero-order valence-electron chi connectivity index (χ0n) is 17.8. The van der Waals surface area contributed by atoms with Gasteiger partial charge in [-0.2, -0.15) is 0 Å². The molecule has 0 radical (unpaired) electrons. The average Bonchev–Trinajstić information content (AvgIpc) is 3.27. The third kappa shape index (κ3) is 5.51. The number of pyridine rings is 2. The van der Waals surface area contributed by atoms with Crippen molar-refractivity contribution < 1.29 is 14.6 Å². The molecule has 1 atom stereocenters. The summed E-state index contributed by atoms with van der Waals surface area (Å²) in [4.78, 5) is 20.8. The summed E-state index contributed by atoms with van der Waals surface area (Å²) in [6, 6.07) is 14.4. The van der Waals surface area contributed by atoms with Crippen LogP contribution in [0.1, 0.15) is 35.9 Å². The van der Waals surface area contributed by atoms with Crippen LogP contribution >= 0.6 is 22.9 Å². The summed E-state index contributed by atoms with van der Waals surface area (Å²) in [5, 5.41) is 22.5. The Labute approximate surface area is 199 Å². The van der Waals surface area contributed by atoms with Crippen LogP contribution in [0.25, 0.3) is 10.6 Å². The number of halogens is 1. The van der Waals surface area contributed by atoms with Gasteiger partial charge in [0.25, 0.3) is 5.91 Å². The van der Waals surface area contributed by atoms with Gasteiger partial charge in [0.15, 0.2) is 6.10 Å². The molecule has 4 aromatic rings. The zero-order chi connectivity index (χ0) is 23.4. The van der Waals surface area contributed by atoms with Crippen molar-refractivity contribution >= 4 is 34.0 Å². The van der Waals surface area contributed by atoms with Gasteiger partial charge in [0.1, 0.15) is 15.6 Å². The minimum atomic E-state index is -1.20. The summed E-state index contributed by atoms with van der Waals surface area (Å²) in [5.41, 5.74) is 0.653. The van der Waals surface area contributed by atoms with Crippen LogP contribution in [0.3, 0.4) is 0 Å². The molecule has 0 aliphatic carbocycles. The third-order valence-corrected chi connectivity index (χ3v) is 5.77. The first kappa shape index (κ1) is 22.8. The number of aromatic nitrogens is 4. The number of amides is 1. The molecule has 168 valence electrons. The van der Waals surface area contributed by atoms with Crippen LogP contribution < -0.4 is 10.1 Å². The Balaban J connectivity index is 1.49. The highest BCUT2D eigenvalue weighted by atomic mass is 35.5. The Morgan fingerprint density at radius 2 is 1.88 bits per heavy atom. The number of carbonyl (C=O) groups is 1. The predicted molar refractivity (Wildman–Crippen MR) is 126 cm³/mol. The second kappa shape index (κ2) is 9.62. The summed E-state index contributed by atoms with van der Waals surface area (Å²) in [7, 11) is 0. The minimum absolute atomic E-state index is 0.111. The molecule has 10 heteroatoms. The standard InChI is InChI=1S/C23H20ClN5O3S/c1-23(2,31)18(14-6-4-3-5-7-14)32-20-17(24)12-16(13-26-20)19(30)27-22-29-28-21(33-22)15-8-10-25-11-9-15/h3-13,18,31H,1-2H3,(H,27,29,30)/t18-/m0/s1. The molecule has 2 N–H and O–H groups in total. The summed E-state index contributed by atoms with van der Waals surface area (Å²) >= 11 is 7.60. The SMILES string of the molecule is CC(C)(O)[C@@H](Oc1ncc(C(=O)Nc2nnc(-c3ccncc3)s2)cc1Cl)c1ccccc1. The van der Waals surface area contributed by atoms with Gasteiger partial charge >= 0.3 is 0 Å². The van der Waals surface area contributed by atoms with Gasteiger partial charge in [0.05, 0.1) is 5.56 Å². The lowest BCUT2D eigenvalue weighted by Crippen LogP contribution is -2.33. The first-order chi connectivity index (χ1) is 15.8. The van der Waals surface area contributed by atoms with Gasteiger partial charge < -0.3 is 9.84 Å². The van der Waals surface area contributed by atoms with Crippen molar-refractivity contribution in [2.75, 3.05) is 5.32 Å². The van der Waals surface area contributed by atoms with Crippen molar-refractivity contribution in [2.45, 2.75) is 25.6 Å². The first-order valence-electron chi connectivity index (χ1n) is 9.96. The average molecular weight is 482 g/mol. The fourth-order valence-corrected chi connectivity index (χ4v) is 4.01. The molecule has 8 nitrogen and oxygen atoms in total. The van der Waals surface area contributed by atoms with E-state index < -0.39 is 17.6 Å². The van der Waals surface area contributed by atoms with E-state index >= 15 is 0 Å². The molecule has 1 aromatic carbocycles. The Bertz CT molecular complexity index is 1250. The van der Waals surface area contributed by atoms with Gasteiger partial charge in [-0.05, 0) is 37.6 Å². The van der Waals surface area contributed by atoms with Gasteiger partial charge in [-0.3, -0.25) is 15.1 Å². The van der Waals surface area contributed by atoms with E-state index in [9.17, 15) is 9.90 Å². The molecule has 4 rings (SSSR count). The van der Waals surface area contributed by atoms with E-state index in [4.69, 9.17) is 16.3 Å². The van der Waals surface area contributed by atoms with Crippen LogP contribution in [0.5, 0.6) is 5.88 Å². The van der Waals surface area contributed by atoms with E-state index in [2.05, 4.69) is 25.5 Å². The maximum Gasteiger partial charge on any atom is 0.259 e. The largest absolute Gasteiger partial charge is 0.465 e. The van der Waals surface area contributed by atoms with Crippen molar-refractivity contribution in [3.63, 3.8) is 0 Å². The van der Waals surface area contributed by atoms with Gasteiger partial charge in [-0.1, -0.05) is 53.3 Å². The molecule has 3 aromatic heterocycles. The maximum atomic E-state index is 12.7. The molecule has 3 heterocycles. The quantitative estimate of drug-likeness (QED) is 0.390. The molecule has 33 heavy (non-hydrogen) atoms. The van der Waals surface area contributed by atoms with Gasteiger partial charge in [0.2, 0.25) is 11.0 Å². The van der Waals surface area contributed by atoms with E-state index in [1.165, 1.54) is 23.6 Å². The molecule has 0 aliphatic rings. The normalized spacial score (nSPS) is 12.2. The van der Waals surface area contributed by atoms with E-state index in [1.54, 1.807) is 26.2 Å². The lowest BCUT2D eigenvalue weighted by Gasteiger charge is -2.30. The number of benzene rings is 1. The highest BCUT2D eigenvalue weighted by Crippen LogP contribution is 2.34. The molecule has 0 fully saturated rings. The molecule has 0 aliphatic heterocycles.